The van der Waals surface area contributed by atoms with E-state index < -0.39 is 0 Å². The van der Waals surface area contributed by atoms with Crippen molar-refractivity contribution in [2.75, 3.05) is 13.1 Å². The second kappa shape index (κ2) is 6.11. The Bertz CT molecular complexity index is 198. The van der Waals surface area contributed by atoms with Crippen LogP contribution in [0, 0.1) is 0 Å². The minimum absolute atomic E-state index is 0.136. The zero-order valence-corrected chi connectivity index (χ0v) is 10.1. The molecule has 0 radical (unpaired) electrons. The number of hydrogen-bond donors (Lipinski definition) is 2. The molecule has 0 unspecified atom stereocenters. The predicted octanol–water partition coefficient (Wildman–Crippen LogP) is 1.82. The number of nitrogens with one attached hydrogen (secondary N) is 2. The van der Waals surface area contributed by atoms with E-state index >= 15 is 0 Å². The number of carbonyl (C=O) groups excluding carboxylic acids is 1. The van der Waals surface area contributed by atoms with E-state index in [9.17, 15) is 4.79 Å². The molecule has 1 fully saturated rings. The van der Waals surface area contributed by atoms with Crippen LogP contribution >= 0.6 is 0 Å². The summed E-state index contributed by atoms with van der Waals surface area (Å²) in [6.45, 7) is 5.64. The molecule has 0 atom stereocenters. The summed E-state index contributed by atoms with van der Waals surface area (Å²) in [6.07, 6.45) is 7.20. The van der Waals surface area contributed by atoms with Gasteiger partial charge in [0.05, 0.1) is 6.54 Å². The molecular formula is C12H24N2O. The number of amides is 1. The lowest BCUT2D eigenvalue weighted by atomic mass is 10.0. The first-order chi connectivity index (χ1) is 7.16. The second-order valence-corrected chi connectivity index (χ2v) is 4.82. The number of hydrogen-bond acceptors (Lipinski definition) is 2. The van der Waals surface area contributed by atoms with Crippen molar-refractivity contribution in [1.82, 2.24) is 10.6 Å². The van der Waals surface area contributed by atoms with Gasteiger partial charge in [-0.2, -0.15) is 0 Å². The molecule has 88 valence electrons. The lowest BCUT2D eigenvalue weighted by molar-refractivity contribution is -0.120. The molecule has 1 amide bonds. The predicted molar refractivity (Wildman–Crippen MR) is 62.8 cm³/mol. The van der Waals surface area contributed by atoms with Crippen molar-refractivity contribution in [2.45, 2.75) is 57.9 Å². The topological polar surface area (TPSA) is 41.1 Å². The SMILES string of the molecule is CCCCNC(=O)CNC1(C)CCCC1. The Kier molecular flexibility index (Phi) is 5.09. The van der Waals surface area contributed by atoms with E-state index in [1.54, 1.807) is 0 Å². The lowest BCUT2D eigenvalue weighted by Gasteiger charge is -2.24. The van der Waals surface area contributed by atoms with Crippen molar-refractivity contribution >= 4 is 5.91 Å². The fourth-order valence-electron chi connectivity index (χ4n) is 2.09. The third-order valence-electron chi connectivity index (χ3n) is 3.24. The molecule has 1 rings (SSSR count). The highest BCUT2D eigenvalue weighted by molar-refractivity contribution is 5.78. The number of rotatable bonds is 6. The van der Waals surface area contributed by atoms with E-state index in [4.69, 9.17) is 0 Å². The fourth-order valence-corrected chi connectivity index (χ4v) is 2.09. The molecule has 1 saturated carbocycles. The highest BCUT2D eigenvalue weighted by atomic mass is 16.1. The van der Waals surface area contributed by atoms with Gasteiger partial charge in [0.2, 0.25) is 5.91 Å². The molecule has 1 aliphatic carbocycles. The van der Waals surface area contributed by atoms with E-state index in [2.05, 4.69) is 24.5 Å². The molecule has 0 spiro atoms. The smallest absolute Gasteiger partial charge is 0.233 e. The Morgan fingerprint density at radius 1 is 1.33 bits per heavy atom. The van der Waals surface area contributed by atoms with Crippen molar-refractivity contribution in [2.24, 2.45) is 0 Å². The summed E-state index contributed by atoms with van der Waals surface area (Å²) in [6, 6.07) is 0. The summed E-state index contributed by atoms with van der Waals surface area (Å²) in [5, 5.41) is 6.30. The zero-order chi connectivity index (χ0) is 11.1. The molecule has 0 heterocycles. The Morgan fingerprint density at radius 3 is 2.60 bits per heavy atom. The third kappa shape index (κ3) is 4.65. The van der Waals surface area contributed by atoms with Gasteiger partial charge in [0.1, 0.15) is 0 Å². The Labute approximate surface area is 93.0 Å². The largest absolute Gasteiger partial charge is 0.355 e. The van der Waals surface area contributed by atoms with Crippen LogP contribution in [0.2, 0.25) is 0 Å². The van der Waals surface area contributed by atoms with Crippen LogP contribution in [0.3, 0.4) is 0 Å². The fraction of sp³-hybridized carbons (Fsp3) is 0.917. The maximum absolute atomic E-state index is 11.4. The van der Waals surface area contributed by atoms with E-state index in [1.165, 1.54) is 25.7 Å². The first-order valence-corrected chi connectivity index (χ1v) is 6.18. The summed E-state index contributed by atoms with van der Waals surface area (Å²) in [4.78, 5) is 11.4. The molecular weight excluding hydrogens is 188 g/mol. The van der Waals surface area contributed by atoms with E-state index in [0.717, 1.165) is 19.4 Å². The quantitative estimate of drug-likeness (QED) is 0.659. The highest BCUT2D eigenvalue weighted by Gasteiger charge is 2.28. The molecule has 0 saturated heterocycles. The molecule has 2 N–H and O–H groups in total. The second-order valence-electron chi connectivity index (χ2n) is 4.82. The van der Waals surface area contributed by atoms with Crippen LogP contribution in [0.5, 0.6) is 0 Å². The van der Waals surface area contributed by atoms with Gasteiger partial charge in [-0.15, -0.1) is 0 Å². The molecule has 3 nitrogen and oxygen atoms in total. The first-order valence-electron chi connectivity index (χ1n) is 6.18. The Balaban J connectivity index is 2.10. The van der Waals surface area contributed by atoms with Gasteiger partial charge in [0.25, 0.3) is 0 Å². The minimum Gasteiger partial charge on any atom is -0.355 e. The normalized spacial score (nSPS) is 19.1. The van der Waals surface area contributed by atoms with Crippen molar-refractivity contribution < 1.29 is 4.79 Å². The van der Waals surface area contributed by atoms with Crippen LogP contribution in [0.25, 0.3) is 0 Å². The summed E-state index contributed by atoms with van der Waals surface area (Å²) in [5.74, 6) is 0.136. The van der Waals surface area contributed by atoms with Crippen LogP contribution in [-0.2, 0) is 4.79 Å². The van der Waals surface area contributed by atoms with Crippen molar-refractivity contribution in [1.29, 1.82) is 0 Å². The van der Waals surface area contributed by atoms with Crippen LogP contribution in [0.4, 0.5) is 0 Å². The maximum Gasteiger partial charge on any atom is 0.233 e. The van der Waals surface area contributed by atoms with Crippen LogP contribution < -0.4 is 10.6 Å². The lowest BCUT2D eigenvalue weighted by Crippen LogP contribution is -2.45. The summed E-state index contributed by atoms with van der Waals surface area (Å²) in [5.41, 5.74) is 0.210. The van der Waals surface area contributed by atoms with E-state index in [-0.39, 0.29) is 11.4 Å². The maximum atomic E-state index is 11.4. The van der Waals surface area contributed by atoms with Crippen molar-refractivity contribution in [3.05, 3.63) is 0 Å². The standard InChI is InChI=1S/C12H24N2O/c1-3-4-9-13-11(15)10-14-12(2)7-5-6-8-12/h14H,3-10H2,1-2H3,(H,13,15). The van der Waals surface area contributed by atoms with Gasteiger partial charge in [-0.05, 0) is 26.2 Å². The third-order valence-corrected chi connectivity index (χ3v) is 3.24. The molecule has 0 aliphatic heterocycles. The minimum atomic E-state index is 0.136. The van der Waals surface area contributed by atoms with E-state index in [0.29, 0.717) is 6.54 Å². The Morgan fingerprint density at radius 2 is 2.00 bits per heavy atom. The molecule has 0 aromatic carbocycles. The first kappa shape index (κ1) is 12.5. The van der Waals surface area contributed by atoms with Gasteiger partial charge in [-0.25, -0.2) is 0 Å². The van der Waals surface area contributed by atoms with Gasteiger partial charge in [-0.3, -0.25) is 4.79 Å². The summed E-state index contributed by atoms with van der Waals surface area (Å²) in [7, 11) is 0. The van der Waals surface area contributed by atoms with Crippen molar-refractivity contribution in [3.8, 4) is 0 Å². The van der Waals surface area contributed by atoms with Crippen LogP contribution in [0.1, 0.15) is 52.4 Å². The molecule has 0 aromatic rings. The van der Waals surface area contributed by atoms with Gasteiger partial charge in [0.15, 0.2) is 0 Å². The summed E-state index contributed by atoms with van der Waals surface area (Å²) >= 11 is 0. The van der Waals surface area contributed by atoms with Gasteiger partial charge < -0.3 is 10.6 Å². The Hall–Kier alpha value is -0.570. The number of unbranched alkanes of at least 4 members (excludes halogenated alkanes) is 1. The van der Waals surface area contributed by atoms with Crippen LogP contribution in [0.15, 0.2) is 0 Å². The summed E-state index contributed by atoms with van der Waals surface area (Å²) < 4.78 is 0. The molecule has 0 aromatic heterocycles. The molecule has 1 aliphatic rings. The zero-order valence-electron chi connectivity index (χ0n) is 10.1. The average molecular weight is 212 g/mol. The van der Waals surface area contributed by atoms with Crippen LogP contribution in [-0.4, -0.2) is 24.5 Å². The number of carbonyl (C=O) groups is 1. The van der Waals surface area contributed by atoms with Gasteiger partial charge in [0, 0.05) is 12.1 Å². The van der Waals surface area contributed by atoms with Gasteiger partial charge in [-0.1, -0.05) is 26.2 Å². The van der Waals surface area contributed by atoms with E-state index in [1.807, 2.05) is 0 Å². The highest BCUT2D eigenvalue weighted by Crippen LogP contribution is 2.28. The average Bonchev–Trinajstić information content (AvgIpc) is 2.64. The molecule has 3 heteroatoms. The van der Waals surface area contributed by atoms with Gasteiger partial charge >= 0.3 is 0 Å². The monoisotopic (exact) mass is 212 g/mol. The molecule has 0 bridgehead atoms. The van der Waals surface area contributed by atoms with Crippen molar-refractivity contribution in [3.63, 3.8) is 0 Å². The molecule has 15 heavy (non-hydrogen) atoms.